The van der Waals surface area contributed by atoms with Gasteiger partial charge in [0.25, 0.3) is 11.8 Å². The van der Waals surface area contributed by atoms with Crippen LogP contribution in [0.5, 0.6) is 11.5 Å². The van der Waals surface area contributed by atoms with Gasteiger partial charge in [0.1, 0.15) is 0 Å². The van der Waals surface area contributed by atoms with Gasteiger partial charge in [-0.2, -0.15) is 0 Å². The maximum absolute atomic E-state index is 12.3. The molecule has 3 aromatic rings. The molecule has 0 aliphatic rings. The van der Waals surface area contributed by atoms with E-state index in [0.717, 1.165) is 4.88 Å². The van der Waals surface area contributed by atoms with Crippen LogP contribution in [0.4, 0.5) is 0 Å². The average Bonchev–Trinajstić information content (AvgIpc) is 3.32. The lowest BCUT2D eigenvalue weighted by Crippen LogP contribution is -2.10. The van der Waals surface area contributed by atoms with Crippen molar-refractivity contribution < 1.29 is 23.4 Å². The van der Waals surface area contributed by atoms with Gasteiger partial charge in [-0.05, 0) is 36.6 Å². The predicted octanol–water partition coefficient (Wildman–Crippen LogP) is 3.73. The molecule has 0 aliphatic carbocycles. The van der Waals surface area contributed by atoms with Gasteiger partial charge in [0.05, 0.1) is 24.7 Å². The first-order chi connectivity index (χ1) is 12.1. The van der Waals surface area contributed by atoms with Crippen LogP contribution >= 0.6 is 11.3 Å². The first-order valence-electron chi connectivity index (χ1n) is 7.42. The third kappa shape index (κ3) is 3.63. The fourth-order valence-corrected chi connectivity index (χ4v) is 2.79. The quantitative estimate of drug-likeness (QED) is 0.619. The van der Waals surface area contributed by atoms with Crippen molar-refractivity contribution in [3.05, 3.63) is 47.2 Å². The summed E-state index contributed by atoms with van der Waals surface area (Å²) in [4.78, 5) is 13.2. The molecule has 0 N–H and O–H groups in total. The van der Waals surface area contributed by atoms with E-state index in [4.69, 9.17) is 18.6 Å². The summed E-state index contributed by atoms with van der Waals surface area (Å²) in [6.07, 6.45) is -0.679. The van der Waals surface area contributed by atoms with E-state index in [1.165, 1.54) is 25.6 Å². The Balaban J connectivity index is 1.72. The molecule has 0 amide bonds. The van der Waals surface area contributed by atoms with E-state index in [2.05, 4.69) is 10.2 Å². The molecule has 0 radical (unpaired) electrons. The average molecular weight is 360 g/mol. The zero-order valence-electron chi connectivity index (χ0n) is 13.9. The number of hydrogen-bond donors (Lipinski definition) is 0. The summed E-state index contributed by atoms with van der Waals surface area (Å²) >= 11 is 1.49. The molecule has 0 fully saturated rings. The molecule has 0 saturated heterocycles. The van der Waals surface area contributed by atoms with E-state index in [9.17, 15) is 4.79 Å². The standard InChI is InChI=1S/C17H16N2O5S/c1-10(15-18-19-16(24-15)14-5-4-8-25-14)23-17(20)11-6-7-12(21-2)13(9-11)22-3/h4-10H,1-3H3. The van der Waals surface area contributed by atoms with E-state index in [0.29, 0.717) is 23.0 Å². The first-order valence-corrected chi connectivity index (χ1v) is 8.30. The number of thiophene rings is 1. The molecule has 0 saturated carbocycles. The van der Waals surface area contributed by atoms with Crippen LogP contribution in [0.3, 0.4) is 0 Å². The Morgan fingerprint density at radius 1 is 1.16 bits per heavy atom. The van der Waals surface area contributed by atoms with Crippen LogP contribution in [0.15, 0.2) is 40.1 Å². The summed E-state index contributed by atoms with van der Waals surface area (Å²) in [5.74, 6) is 1.09. The summed E-state index contributed by atoms with van der Waals surface area (Å²) < 4.78 is 21.3. The van der Waals surface area contributed by atoms with Crippen molar-refractivity contribution in [2.24, 2.45) is 0 Å². The lowest BCUT2D eigenvalue weighted by atomic mass is 10.2. The molecule has 0 aliphatic heterocycles. The molecular weight excluding hydrogens is 344 g/mol. The lowest BCUT2D eigenvalue weighted by Gasteiger charge is -2.11. The van der Waals surface area contributed by atoms with Gasteiger partial charge < -0.3 is 18.6 Å². The second kappa shape index (κ2) is 7.35. The van der Waals surface area contributed by atoms with Crippen LogP contribution < -0.4 is 9.47 Å². The third-order valence-electron chi connectivity index (χ3n) is 3.42. The van der Waals surface area contributed by atoms with Gasteiger partial charge in [-0.3, -0.25) is 0 Å². The smallest absolute Gasteiger partial charge is 0.339 e. The molecule has 3 rings (SSSR count). The second-order valence-electron chi connectivity index (χ2n) is 5.04. The number of esters is 1. The minimum Gasteiger partial charge on any atom is -0.493 e. The van der Waals surface area contributed by atoms with Crippen molar-refractivity contribution in [3.63, 3.8) is 0 Å². The van der Waals surface area contributed by atoms with Gasteiger partial charge in [-0.1, -0.05) is 6.07 Å². The van der Waals surface area contributed by atoms with Crippen LogP contribution in [0, 0.1) is 0 Å². The molecule has 0 bridgehead atoms. The lowest BCUT2D eigenvalue weighted by molar-refractivity contribution is 0.0279. The summed E-state index contributed by atoms with van der Waals surface area (Å²) in [5, 5.41) is 9.84. The Hall–Kier alpha value is -2.87. The summed E-state index contributed by atoms with van der Waals surface area (Å²) in [6, 6.07) is 8.56. The van der Waals surface area contributed by atoms with Crippen molar-refractivity contribution in [2.45, 2.75) is 13.0 Å². The van der Waals surface area contributed by atoms with Gasteiger partial charge in [-0.15, -0.1) is 21.5 Å². The van der Waals surface area contributed by atoms with Gasteiger partial charge in [0, 0.05) is 0 Å². The van der Waals surface area contributed by atoms with Crippen molar-refractivity contribution >= 4 is 17.3 Å². The van der Waals surface area contributed by atoms with Crippen LogP contribution in [-0.4, -0.2) is 30.4 Å². The number of methoxy groups -OCH3 is 2. The molecule has 130 valence electrons. The van der Waals surface area contributed by atoms with E-state index < -0.39 is 12.1 Å². The predicted molar refractivity (Wildman–Crippen MR) is 91.0 cm³/mol. The minimum atomic E-state index is -0.679. The van der Waals surface area contributed by atoms with E-state index in [-0.39, 0.29) is 5.89 Å². The highest BCUT2D eigenvalue weighted by atomic mass is 32.1. The number of ether oxygens (including phenoxy) is 3. The summed E-state index contributed by atoms with van der Waals surface area (Å²) in [7, 11) is 3.03. The molecule has 2 heterocycles. The largest absolute Gasteiger partial charge is 0.493 e. The molecule has 7 nitrogen and oxygen atoms in total. The zero-order chi connectivity index (χ0) is 17.8. The van der Waals surface area contributed by atoms with Crippen LogP contribution in [0.25, 0.3) is 10.8 Å². The number of aromatic nitrogens is 2. The Morgan fingerprint density at radius 3 is 2.64 bits per heavy atom. The number of rotatable bonds is 6. The molecule has 25 heavy (non-hydrogen) atoms. The number of carbonyl (C=O) groups excluding carboxylic acids is 1. The number of carbonyl (C=O) groups is 1. The Morgan fingerprint density at radius 2 is 1.96 bits per heavy atom. The number of benzene rings is 1. The normalized spacial score (nSPS) is 11.8. The summed E-state index contributed by atoms with van der Waals surface area (Å²) in [5.41, 5.74) is 0.336. The van der Waals surface area contributed by atoms with E-state index >= 15 is 0 Å². The highest BCUT2D eigenvalue weighted by molar-refractivity contribution is 7.13. The Kier molecular flexibility index (Phi) is 4.99. The molecular formula is C17H16N2O5S. The fraction of sp³-hybridized carbons (Fsp3) is 0.235. The minimum absolute atomic E-state index is 0.234. The van der Waals surface area contributed by atoms with E-state index in [1.807, 2.05) is 17.5 Å². The zero-order valence-corrected chi connectivity index (χ0v) is 14.7. The van der Waals surface area contributed by atoms with Gasteiger partial charge in [0.15, 0.2) is 17.6 Å². The molecule has 1 atom stereocenters. The van der Waals surface area contributed by atoms with Crippen molar-refractivity contribution in [1.29, 1.82) is 0 Å². The SMILES string of the molecule is COc1ccc(C(=O)OC(C)c2nnc(-c3cccs3)o2)cc1OC. The van der Waals surface area contributed by atoms with E-state index in [1.54, 1.807) is 25.1 Å². The highest BCUT2D eigenvalue weighted by Crippen LogP contribution is 2.29. The van der Waals surface area contributed by atoms with Crippen LogP contribution in [0.2, 0.25) is 0 Å². The number of hydrogen-bond acceptors (Lipinski definition) is 8. The number of nitrogens with zero attached hydrogens (tertiary/aromatic N) is 2. The molecule has 1 aromatic carbocycles. The van der Waals surface area contributed by atoms with Crippen LogP contribution in [0.1, 0.15) is 29.3 Å². The second-order valence-corrected chi connectivity index (χ2v) is 5.99. The topological polar surface area (TPSA) is 83.7 Å². The molecule has 1 unspecified atom stereocenters. The molecule has 0 spiro atoms. The molecule has 2 aromatic heterocycles. The van der Waals surface area contributed by atoms with Crippen molar-refractivity contribution in [3.8, 4) is 22.3 Å². The maximum Gasteiger partial charge on any atom is 0.339 e. The fourth-order valence-electron chi connectivity index (χ4n) is 2.14. The maximum atomic E-state index is 12.3. The van der Waals surface area contributed by atoms with Gasteiger partial charge >= 0.3 is 5.97 Å². The van der Waals surface area contributed by atoms with Crippen molar-refractivity contribution in [2.75, 3.05) is 14.2 Å². The first kappa shape index (κ1) is 17.0. The highest BCUT2D eigenvalue weighted by Gasteiger charge is 2.21. The van der Waals surface area contributed by atoms with Gasteiger partial charge in [0.2, 0.25) is 0 Å². The van der Waals surface area contributed by atoms with Crippen molar-refractivity contribution in [1.82, 2.24) is 10.2 Å². The Bertz CT molecular complexity index is 860. The van der Waals surface area contributed by atoms with Crippen LogP contribution in [-0.2, 0) is 4.74 Å². The Labute approximate surface area is 148 Å². The van der Waals surface area contributed by atoms with Gasteiger partial charge in [-0.25, -0.2) is 4.79 Å². The summed E-state index contributed by atoms with van der Waals surface area (Å²) in [6.45, 7) is 1.67. The third-order valence-corrected chi connectivity index (χ3v) is 4.28. The monoisotopic (exact) mass is 360 g/mol. The molecule has 8 heteroatoms.